The molecule has 0 radical (unpaired) electrons. The van der Waals surface area contributed by atoms with Crippen LogP contribution in [0.15, 0.2) is 0 Å². The molecule has 1 aliphatic rings. The van der Waals surface area contributed by atoms with Crippen LogP contribution in [-0.2, 0) is 4.74 Å². The number of rotatable bonds is 7. The summed E-state index contributed by atoms with van der Waals surface area (Å²) < 4.78 is 5.16. The summed E-state index contributed by atoms with van der Waals surface area (Å²) in [5.74, 6) is 0.890. The topological polar surface area (TPSA) is 41.5 Å². The van der Waals surface area contributed by atoms with Gasteiger partial charge in [-0.15, -0.1) is 12.4 Å². The third kappa shape index (κ3) is 8.03. The highest BCUT2D eigenvalue weighted by molar-refractivity contribution is 5.85. The molecule has 0 aromatic rings. The minimum Gasteiger partial charge on any atom is -0.394 e. The second kappa shape index (κ2) is 10.7. The molecular formula is C11H24ClNO2. The molecule has 0 aromatic heterocycles. The van der Waals surface area contributed by atoms with Gasteiger partial charge in [0, 0.05) is 6.54 Å². The number of aliphatic hydroxyl groups excluding tert-OH is 1. The van der Waals surface area contributed by atoms with Crippen molar-refractivity contribution in [2.75, 3.05) is 32.9 Å². The lowest BCUT2D eigenvalue weighted by Crippen LogP contribution is -2.27. The monoisotopic (exact) mass is 237 g/mol. The van der Waals surface area contributed by atoms with Crippen molar-refractivity contribution in [1.82, 2.24) is 5.32 Å². The van der Waals surface area contributed by atoms with Crippen LogP contribution in [-0.4, -0.2) is 38.0 Å². The maximum absolute atomic E-state index is 8.48. The highest BCUT2D eigenvalue weighted by atomic mass is 35.5. The quantitative estimate of drug-likeness (QED) is 0.661. The normalized spacial score (nSPS) is 17.4. The molecule has 1 saturated carbocycles. The molecule has 2 N–H and O–H groups in total. The molecule has 3 nitrogen and oxygen atoms in total. The van der Waals surface area contributed by atoms with Gasteiger partial charge in [-0.25, -0.2) is 0 Å². The maximum Gasteiger partial charge on any atom is 0.0698 e. The summed E-state index contributed by atoms with van der Waals surface area (Å²) in [5, 5.41) is 11.9. The van der Waals surface area contributed by atoms with Crippen molar-refractivity contribution in [2.24, 2.45) is 5.92 Å². The van der Waals surface area contributed by atoms with Crippen LogP contribution in [0, 0.1) is 5.92 Å². The fraction of sp³-hybridized carbons (Fsp3) is 1.00. The van der Waals surface area contributed by atoms with Gasteiger partial charge in [-0.05, 0) is 25.3 Å². The minimum atomic E-state index is 0. The van der Waals surface area contributed by atoms with Crippen molar-refractivity contribution in [3.63, 3.8) is 0 Å². The van der Waals surface area contributed by atoms with E-state index in [4.69, 9.17) is 9.84 Å². The van der Waals surface area contributed by atoms with Crippen LogP contribution in [0.5, 0.6) is 0 Å². The standard InChI is InChI=1S/C11H23NO2.ClH/c13-7-9-14-8-6-12-10-11-4-2-1-3-5-11;/h11-13H,1-10H2;1H. The summed E-state index contributed by atoms with van der Waals surface area (Å²) in [5.41, 5.74) is 0. The lowest BCUT2D eigenvalue weighted by Gasteiger charge is -2.21. The first-order valence-corrected chi connectivity index (χ1v) is 5.83. The molecule has 0 amide bonds. The predicted molar refractivity (Wildman–Crippen MR) is 64.6 cm³/mol. The third-order valence-electron chi connectivity index (χ3n) is 2.82. The van der Waals surface area contributed by atoms with E-state index in [2.05, 4.69) is 5.32 Å². The molecule has 92 valence electrons. The zero-order chi connectivity index (χ0) is 10.1. The number of nitrogens with one attached hydrogen (secondary N) is 1. The molecule has 1 rings (SSSR count). The summed E-state index contributed by atoms with van der Waals surface area (Å²) in [7, 11) is 0. The Kier molecular flexibility index (Phi) is 10.8. The number of ether oxygens (including phenoxy) is 1. The Morgan fingerprint density at radius 2 is 1.87 bits per heavy atom. The molecule has 1 aliphatic carbocycles. The first kappa shape index (κ1) is 15.2. The Bertz CT molecular complexity index is 130. The summed E-state index contributed by atoms with van der Waals surface area (Å²) >= 11 is 0. The van der Waals surface area contributed by atoms with Gasteiger partial charge in [0.05, 0.1) is 19.8 Å². The highest BCUT2D eigenvalue weighted by Crippen LogP contribution is 2.22. The molecule has 0 aliphatic heterocycles. The first-order chi connectivity index (χ1) is 6.93. The van der Waals surface area contributed by atoms with Crippen molar-refractivity contribution in [3.8, 4) is 0 Å². The Balaban J connectivity index is 0.00000196. The summed E-state index contributed by atoms with van der Waals surface area (Å²) in [6.45, 7) is 3.36. The van der Waals surface area contributed by atoms with Gasteiger partial charge in [0.25, 0.3) is 0 Å². The van der Waals surface area contributed by atoms with Gasteiger partial charge < -0.3 is 15.2 Å². The Labute approximate surface area is 99.0 Å². The van der Waals surface area contributed by atoms with Crippen LogP contribution in [0.3, 0.4) is 0 Å². The molecule has 4 heteroatoms. The molecule has 1 fully saturated rings. The molecule has 0 unspecified atom stereocenters. The zero-order valence-electron chi connectivity index (χ0n) is 9.41. The van der Waals surface area contributed by atoms with Gasteiger partial charge in [-0.1, -0.05) is 19.3 Å². The fourth-order valence-corrected chi connectivity index (χ4v) is 2.01. The van der Waals surface area contributed by atoms with Crippen molar-refractivity contribution >= 4 is 12.4 Å². The molecule has 0 heterocycles. The molecule has 0 bridgehead atoms. The van der Waals surface area contributed by atoms with E-state index in [0.717, 1.165) is 19.0 Å². The highest BCUT2D eigenvalue weighted by Gasteiger charge is 2.11. The van der Waals surface area contributed by atoms with E-state index in [1.165, 1.54) is 32.1 Å². The molecule has 0 saturated heterocycles. The maximum atomic E-state index is 8.48. The minimum absolute atomic E-state index is 0. The average molecular weight is 238 g/mol. The van der Waals surface area contributed by atoms with Crippen LogP contribution in [0.1, 0.15) is 32.1 Å². The van der Waals surface area contributed by atoms with E-state index in [-0.39, 0.29) is 19.0 Å². The first-order valence-electron chi connectivity index (χ1n) is 5.83. The molecule has 0 spiro atoms. The van der Waals surface area contributed by atoms with Crippen molar-refractivity contribution in [1.29, 1.82) is 0 Å². The Hall–Kier alpha value is 0.170. The molecule has 0 aromatic carbocycles. The van der Waals surface area contributed by atoms with Crippen LogP contribution in [0.2, 0.25) is 0 Å². The van der Waals surface area contributed by atoms with Crippen LogP contribution in [0.25, 0.3) is 0 Å². The summed E-state index contributed by atoms with van der Waals surface area (Å²) in [6, 6.07) is 0. The van der Waals surface area contributed by atoms with E-state index in [1.807, 2.05) is 0 Å². The van der Waals surface area contributed by atoms with Gasteiger partial charge in [-0.2, -0.15) is 0 Å². The van der Waals surface area contributed by atoms with E-state index in [9.17, 15) is 0 Å². The average Bonchev–Trinajstić information content (AvgIpc) is 2.25. The van der Waals surface area contributed by atoms with E-state index >= 15 is 0 Å². The zero-order valence-corrected chi connectivity index (χ0v) is 10.2. The van der Waals surface area contributed by atoms with Gasteiger partial charge in [0.15, 0.2) is 0 Å². The summed E-state index contributed by atoms with van der Waals surface area (Å²) in [6.07, 6.45) is 7.03. The number of halogens is 1. The van der Waals surface area contributed by atoms with Gasteiger partial charge in [-0.3, -0.25) is 0 Å². The fourth-order valence-electron chi connectivity index (χ4n) is 2.01. The molecule has 15 heavy (non-hydrogen) atoms. The van der Waals surface area contributed by atoms with Gasteiger partial charge in [0.2, 0.25) is 0 Å². The van der Waals surface area contributed by atoms with Crippen LogP contribution >= 0.6 is 12.4 Å². The number of aliphatic hydroxyl groups is 1. The largest absolute Gasteiger partial charge is 0.394 e. The number of hydrogen-bond acceptors (Lipinski definition) is 3. The summed E-state index contributed by atoms with van der Waals surface area (Å²) in [4.78, 5) is 0. The van der Waals surface area contributed by atoms with Crippen LogP contribution < -0.4 is 5.32 Å². The predicted octanol–water partition coefficient (Wildman–Crippen LogP) is 1.59. The van der Waals surface area contributed by atoms with Crippen molar-refractivity contribution in [2.45, 2.75) is 32.1 Å². The lowest BCUT2D eigenvalue weighted by molar-refractivity contribution is 0.0932. The van der Waals surface area contributed by atoms with Gasteiger partial charge in [0.1, 0.15) is 0 Å². The smallest absolute Gasteiger partial charge is 0.0698 e. The lowest BCUT2D eigenvalue weighted by atomic mass is 9.89. The number of hydrogen-bond donors (Lipinski definition) is 2. The second-order valence-electron chi connectivity index (χ2n) is 4.04. The van der Waals surface area contributed by atoms with E-state index < -0.39 is 0 Å². The Morgan fingerprint density at radius 3 is 2.53 bits per heavy atom. The van der Waals surface area contributed by atoms with Gasteiger partial charge >= 0.3 is 0 Å². The third-order valence-corrected chi connectivity index (χ3v) is 2.82. The molecular weight excluding hydrogens is 214 g/mol. The molecule has 0 atom stereocenters. The van der Waals surface area contributed by atoms with E-state index in [1.54, 1.807) is 0 Å². The second-order valence-corrected chi connectivity index (χ2v) is 4.04. The van der Waals surface area contributed by atoms with E-state index in [0.29, 0.717) is 13.2 Å². The Morgan fingerprint density at radius 1 is 1.13 bits per heavy atom. The van der Waals surface area contributed by atoms with Crippen LogP contribution in [0.4, 0.5) is 0 Å². The van der Waals surface area contributed by atoms with Crippen molar-refractivity contribution in [3.05, 3.63) is 0 Å². The van der Waals surface area contributed by atoms with Crippen molar-refractivity contribution < 1.29 is 9.84 Å². The SMILES string of the molecule is Cl.OCCOCCNCC1CCCCC1.